The van der Waals surface area contributed by atoms with E-state index in [9.17, 15) is 13.2 Å². The Kier molecular flexibility index (Phi) is 3.51. The van der Waals surface area contributed by atoms with Crippen molar-refractivity contribution in [2.75, 3.05) is 0 Å². The van der Waals surface area contributed by atoms with Crippen LogP contribution in [0.15, 0.2) is 9.98 Å². The smallest absolute Gasteiger partial charge is 0.380 e. The Morgan fingerprint density at radius 2 is 1.85 bits per heavy atom. The van der Waals surface area contributed by atoms with Crippen LogP contribution in [0.3, 0.4) is 0 Å². The molecule has 0 spiro atoms. The third-order valence-corrected chi connectivity index (χ3v) is 0.878. The van der Waals surface area contributed by atoms with Crippen LogP contribution in [0.5, 0.6) is 0 Å². The largest absolute Gasteiger partial charge is 0.449 e. The van der Waals surface area contributed by atoms with Crippen LogP contribution in [-0.4, -0.2) is 31.6 Å². The lowest BCUT2D eigenvalue weighted by Gasteiger charge is -2.10. The topological polar surface area (TPSA) is 50.7 Å². The van der Waals surface area contributed by atoms with Gasteiger partial charge in [-0.05, 0) is 13.8 Å². The number of hydrogen-bond donors (Lipinski definition) is 1. The Bertz CT molecular complexity index is 226. The molecule has 3 nitrogen and oxygen atoms in total. The molecule has 0 aliphatic carbocycles. The van der Waals surface area contributed by atoms with E-state index in [1.165, 1.54) is 13.8 Å². The first-order chi connectivity index (χ1) is 5.63. The minimum atomic E-state index is -4.62. The molecule has 72 valence electrons. The maximum atomic E-state index is 11.7. The summed E-state index contributed by atoms with van der Waals surface area (Å²) in [6.07, 6.45) is -3.92. The molecule has 0 saturated heterocycles. The summed E-state index contributed by atoms with van der Waals surface area (Å²) in [7, 11) is 5.34. The number of amidine groups is 1. The maximum Gasteiger partial charge on any atom is 0.449 e. The van der Waals surface area contributed by atoms with Gasteiger partial charge >= 0.3 is 6.18 Å². The highest BCUT2D eigenvalue weighted by molar-refractivity contribution is 6.15. The lowest BCUT2D eigenvalue weighted by atomic mass is 9.83. The molecule has 0 aliphatic rings. The van der Waals surface area contributed by atoms with Gasteiger partial charge in [0.15, 0.2) is 0 Å². The van der Waals surface area contributed by atoms with Crippen molar-refractivity contribution in [2.24, 2.45) is 15.7 Å². The summed E-state index contributed by atoms with van der Waals surface area (Å²) in [5.74, 6) is -1.44. The molecule has 0 aliphatic heterocycles. The molecule has 0 atom stereocenters. The minimum absolute atomic E-state index is 0.697. The zero-order chi connectivity index (χ0) is 10.7. The number of nitrogens with two attached hydrogens (primary N) is 1. The molecule has 0 rings (SSSR count). The zero-order valence-corrected chi connectivity index (χ0v) is 7.26. The predicted molar refractivity (Wildman–Crippen MR) is 46.0 cm³/mol. The van der Waals surface area contributed by atoms with E-state index in [0.29, 0.717) is 6.34 Å². The lowest BCUT2D eigenvalue weighted by molar-refractivity contribution is -0.0596. The lowest BCUT2D eigenvalue weighted by Crippen LogP contribution is -2.31. The fourth-order valence-electron chi connectivity index (χ4n) is 0.313. The van der Waals surface area contributed by atoms with Crippen LogP contribution in [-0.2, 0) is 0 Å². The third-order valence-electron chi connectivity index (χ3n) is 0.878. The first-order valence-corrected chi connectivity index (χ1v) is 3.36. The molecule has 2 radical (unpaired) electrons. The average Bonchev–Trinajstić information content (AvgIpc) is 1.82. The van der Waals surface area contributed by atoms with Crippen LogP contribution < -0.4 is 5.73 Å². The molecule has 13 heavy (non-hydrogen) atoms. The summed E-state index contributed by atoms with van der Waals surface area (Å²) < 4.78 is 35.2. The molecule has 7 heteroatoms. The van der Waals surface area contributed by atoms with Crippen molar-refractivity contribution in [3.63, 3.8) is 0 Å². The molecular formula is C6H9BF3N3. The highest BCUT2D eigenvalue weighted by Gasteiger charge is 2.33. The van der Waals surface area contributed by atoms with E-state index in [4.69, 9.17) is 7.85 Å². The van der Waals surface area contributed by atoms with Gasteiger partial charge in [-0.15, -0.1) is 0 Å². The normalized spacial score (nSPS) is 15.3. The molecule has 2 N–H and O–H groups in total. The summed E-state index contributed by atoms with van der Waals surface area (Å²) in [5.41, 5.74) is 3.62. The highest BCUT2D eigenvalue weighted by atomic mass is 19.4. The standard InChI is InChI=1S/C6H9BF3N3/c1-5(2,7)13-3-12-4(11)6(8,9)10/h3H,1-2H3,(H2,11,12,13). The number of hydrogen-bond acceptors (Lipinski definition) is 1. The molecule has 0 aromatic rings. The Balaban J connectivity index is 4.37. The van der Waals surface area contributed by atoms with Crippen molar-refractivity contribution in [2.45, 2.75) is 25.5 Å². The second-order valence-corrected chi connectivity index (χ2v) is 2.91. The summed E-state index contributed by atoms with van der Waals surface area (Å²) >= 11 is 0. The van der Waals surface area contributed by atoms with Crippen LogP contribution in [0.25, 0.3) is 0 Å². The first kappa shape index (κ1) is 12.0. The molecule has 0 amide bonds. The Hall–Kier alpha value is -1.01. The van der Waals surface area contributed by atoms with E-state index < -0.39 is 17.5 Å². The van der Waals surface area contributed by atoms with Crippen molar-refractivity contribution in [3.8, 4) is 0 Å². The van der Waals surface area contributed by atoms with Gasteiger partial charge in [0.05, 0.1) is 0 Å². The van der Waals surface area contributed by atoms with E-state index in [1.54, 1.807) is 0 Å². The minimum Gasteiger partial charge on any atom is -0.380 e. The monoisotopic (exact) mass is 191 g/mol. The quantitative estimate of drug-likeness (QED) is 0.392. The van der Waals surface area contributed by atoms with Crippen molar-refractivity contribution < 1.29 is 13.2 Å². The number of halogens is 3. The fraction of sp³-hybridized carbons (Fsp3) is 0.667. The van der Waals surface area contributed by atoms with E-state index in [1.807, 2.05) is 0 Å². The van der Waals surface area contributed by atoms with Crippen molar-refractivity contribution >= 4 is 20.0 Å². The van der Waals surface area contributed by atoms with Gasteiger partial charge in [-0.1, -0.05) is 0 Å². The second-order valence-electron chi connectivity index (χ2n) is 2.91. The number of rotatable bonds is 2. The van der Waals surface area contributed by atoms with Gasteiger partial charge in [-0.25, -0.2) is 4.99 Å². The number of alkyl halides is 3. The summed E-state index contributed by atoms with van der Waals surface area (Å²) in [4.78, 5) is 6.37. The Morgan fingerprint density at radius 3 is 2.15 bits per heavy atom. The van der Waals surface area contributed by atoms with Crippen molar-refractivity contribution in [1.82, 2.24) is 0 Å². The van der Waals surface area contributed by atoms with Crippen molar-refractivity contribution in [3.05, 3.63) is 0 Å². The zero-order valence-electron chi connectivity index (χ0n) is 7.26. The van der Waals surface area contributed by atoms with Gasteiger partial charge < -0.3 is 5.73 Å². The second kappa shape index (κ2) is 3.80. The van der Waals surface area contributed by atoms with Gasteiger partial charge in [-0.2, -0.15) is 13.2 Å². The van der Waals surface area contributed by atoms with Crippen LogP contribution >= 0.6 is 0 Å². The highest BCUT2D eigenvalue weighted by Crippen LogP contribution is 2.13. The molecule has 0 aromatic carbocycles. The van der Waals surface area contributed by atoms with Gasteiger partial charge in [0.2, 0.25) is 5.84 Å². The van der Waals surface area contributed by atoms with E-state index in [-0.39, 0.29) is 0 Å². The van der Waals surface area contributed by atoms with Gasteiger partial charge in [0.1, 0.15) is 14.2 Å². The van der Waals surface area contributed by atoms with E-state index >= 15 is 0 Å². The van der Waals surface area contributed by atoms with Crippen LogP contribution in [0.2, 0.25) is 0 Å². The SMILES string of the molecule is [B]C(C)(C)N=CN=C(N)C(F)(F)F. The van der Waals surface area contributed by atoms with Crippen molar-refractivity contribution in [1.29, 1.82) is 0 Å². The number of nitrogens with zero attached hydrogens (tertiary/aromatic N) is 2. The predicted octanol–water partition coefficient (Wildman–Crippen LogP) is 0.839. The van der Waals surface area contributed by atoms with E-state index in [0.717, 1.165) is 0 Å². The van der Waals surface area contributed by atoms with Gasteiger partial charge in [0.25, 0.3) is 0 Å². The maximum absolute atomic E-state index is 11.7. The molecular weight excluding hydrogens is 182 g/mol. The molecule has 0 saturated carbocycles. The molecule has 0 aromatic heterocycles. The van der Waals surface area contributed by atoms with Crippen LogP contribution in [0.1, 0.15) is 13.8 Å². The van der Waals surface area contributed by atoms with E-state index in [2.05, 4.69) is 15.7 Å². The van der Waals surface area contributed by atoms with Gasteiger partial charge in [-0.3, -0.25) is 4.99 Å². The van der Waals surface area contributed by atoms with Gasteiger partial charge in [0, 0.05) is 5.44 Å². The molecule has 0 heterocycles. The number of aliphatic imine (C=N–C) groups is 2. The summed E-state index contributed by atoms with van der Waals surface area (Å²) in [5, 5.41) is 0. The molecule has 0 unspecified atom stereocenters. The Morgan fingerprint density at radius 1 is 1.38 bits per heavy atom. The molecule has 0 fully saturated rings. The van der Waals surface area contributed by atoms with Crippen LogP contribution in [0.4, 0.5) is 13.2 Å². The average molecular weight is 191 g/mol. The third kappa shape index (κ3) is 6.18. The Labute approximate surface area is 75.3 Å². The fourth-order valence-corrected chi connectivity index (χ4v) is 0.313. The summed E-state index contributed by atoms with van der Waals surface area (Å²) in [6, 6.07) is 0. The molecule has 0 bridgehead atoms. The first-order valence-electron chi connectivity index (χ1n) is 3.36. The summed E-state index contributed by atoms with van der Waals surface area (Å²) in [6.45, 7) is 3.03. The van der Waals surface area contributed by atoms with Crippen LogP contribution in [0, 0.1) is 0 Å².